The first-order valence-corrected chi connectivity index (χ1v) is 5.33. The van der Waals surface area contributed by atoms with Gasteiger partial charge in [-0.3, -0.25) is 4.79 Å². The highest BCUT2D eigenvalue weighted by Gasteiger charge is 2.27. The Kier molecular flexibility index (Phi) is 4.25. The SMILES string of the molecule is O=C(NCC(F)(F)Br)C1CCCNC1. The Morgan fingerprint density at radius 2 is 2.36 bits per heavy atom. The third-order valence-corrected chi connectivity index (χ3v) is 2.41. The third-order valence-electron chi connectivity index (χ3n) is 2.13. The van der Waals surface area contributed by atoms with Gasteiger partial charge in [-0.25, -0.2) is 0 Å². The molecule has 1 aliphatic heterocycles. The van der Waals surface area contributed by atoms with Gasteiger partial charge in [0, 0.05) is 6.54 Å². The Labute approximate surface area is 89.7 Å². The van der Waals surface area contributed by atoms with Gasteiger partial charge in [-0.05, 0) is 35.3 Å². The van der Waals surface area contributed by atoms with E-state index in [2.05, 4.69) is 26.6 Å². The Morgan fingerprint density at radius 1 is 1.64 bits per heavy atom. The number of halogens is 3. The largest absolute Gasteiger partial charge is 0.349 e. The van der Waals surface area contributed by atoms with E-state index in [1.54, 1.807) is 0 Å². The van der Waals surface area contributed by atoms with Crippen molar-refractivity contribution in [2.45, 2.75) is 17.7 Å². The highest BCUT2D eigenvalue weighted by atomic mass is 79.9. The summed E-state index contributed by atoms with van der Waals surface area (Å²) < 4.78 is 24.7. The Bertz CT molecular complexity index is 202. The predicted molar refractivity (Wildman–Crippen MR) is 52.5 cm³/mol. The maximum Gasteiger partial charge on any atom is 0.318 e. The number of alkyl halides is 3. The lowest BCUT2D eigenvalue weighted by molar-refractivity contribution is -0.126. The van der Waals surface area contributed by atoms with Gasteiger partial charge in [0.1, 0.15) is 0 Å². The molecule has 0 spiro atoms. The number of hydrogen-bond acceptors (Lipinski definition) is 2. The van der Waals surface area contributed by atoms with Crippen molar-refractivity contribution in [2.24, 2.45) is 5.92 Å². The molecule has 1 atom stereocenters. The van der Waals surface area contributed by atoms with E-state index in [0.29, 0.717) is 6.54 Å². The number of rotatable bonds is 3. The van der Waals surface area contributed by atoms with Crippen molar-refractivity contribution in [3.8, 4) is 0 Å². The molecule has 0 aliphatic carbocycles. The van der Waals surface area contributed by atoms with Crippen LogP contribution in [0.4, 0.5) is 8.78 Å². The van der Waals surface area contributed by atoms with Gasteiger partial charge in [0.15, 0.2) is 0 Å². The van der Waals surface area contributed by atoms with Crippen LogP contribution in [0, 0.1) is 5.92 Å². The van der Waals surface area contributed by atoms with Gasteiger partial charge < -0.3 is 10.6 Å². The van der Waals surface area contributed by atoms with E-state index in [1.807, 2.05) is 0 Å². The number of carbonyl (C=O) groups excluding carboxylic acids is 1. The normalized spacial score (nSPS) is 23.2. The quantitative estimate of drug-likeness (QED) is 0.754. The van der Waals surface area contributed by atoms with E-state index < -0.39 is 11.4 Å². The maximum atomic E-state index is 12.3. The van der Waals surface area contributed by atoms with Crippen molar-refractivity contribution in [1.82, 2.24) is 10.6 Å². The summed E-state index contributed by atoms with van der Waals surface area (Å²) in [6.45, 7) is 0.834. The molecule has 14 heavy (non-hydrogen) atoms. The fourth-order valence-corrected chi connectivity index (χ4v) is 1.55. The van der Waals surface area contributed by atoms with Crippen LogP contribution >= 0.6 is 15.9 Å². The van der Waals surface area contributed by atoms with Crippen molar-refractivity contribution >= 4 is 21.8 Å². The first kappa shape index (κ1) is 11.8. The second kappa shape index (κ2) is 5.02. The molecule has 0 aromatic heterocycles. The zero-order valence-corrected chi connectivity index (χ0v) is 9.24. The van der Waals surface area contributed by atoms with Gasteiger partial charge in [0.25, 0.3) is 0 Å². The number of piperidine rings is 1. The van der Waals surface area contributed by atoms with E-state index in [0.717, 1.165) is 19.4 Å². The summed E-state index contributed by atoms with van der Waals surface area (Å²) in [5, 5.41) is 5.27. The van der Waals surface area contributed by atoms with Crippen LogP contribution in [0.25, 0.3) is 0 Å². The summed E-state index contributed by atoms with van der Waals surface area (Å²) >= 11 is 2.17. The fraction of sp³-hybridized carbons (Fsp3) is 0.875. The molecule has 1 saturated heterocycles. The molecule has 1 unspecified atom stereocenters. The molecule has 0 bridgehead atoms. The first-order valence-electron chi connectivity index (χ1n) is 4.54. The molecular formula is C8H13BrF2N2O. The summed E-state index contributed by atoms with van der Waals surface area (Å²) in [5.41, 5.74) is 0. The van der Waals surface area contributed by atoms with E-state index in [4.69, 9.17) is 0 Å². The lowest BCUT2D eigenvalue weighted by Crippen LogP contribution is -2.43. The third kappa shape index (κ3) is 4.32. The lowest BCUT2D eigenvalue weighted by atomic mass is 9.99. The molecule has 1 amide bonds. The standard InChI is InChI=1S/C8H13BrF2N2O/c9-8(10,11)5-13-7(14)6-2-1-3-12-4-6/h6,12H,1-5H2,(H,13,14). The minimum atomic E-state index is -3.01. The van der Waals surface area contributed by atoms with Crippen LogP contribution < -0.4 is 10.6 Å². The highest BCUT2D eigenvalue weighted by Crippen LogP contribution is 2.20. The summed E-state index contributed by atoms with van der Waals surface area (Å²) in [5.74, 6) is -0.463. The van der Waals surface area contributed by atoms with E-state index in [9.17, 15) is 13.6 Å². The maximum absolute atomic E-state index is 12.3. The van der Waals surface area contributed by atoms with E-state index >= 15 is 0 Å². The Hall–Kier alpha value is -0.230. The Morgan fingerprint density at radius 3 is 2.86 bits per heavy atom. The van der Waals surface area contributed by atoms with Crippen molar-refractivity contribution in [3.05, 3.63) is 0 Å². The van der Waals surface area contributed by atoms with Crippen molar-refractivity contribution in [1.29, 1.82) is 0 Å². The number of carbonyl (C=O) groups is 1. The summed E-state index contributed by atoms with van der Waals surface area (Å²) in [6.07, 6.45) is 1.69. The monoisotopic (exact) mass is 270 g/mol. The molecule has 6 heteroatoms. The van der Waals surface area contributed by atoms with Crippen molar-refractivity contribution in [2.75, 3.05) is 19.6 Å². The zero-order chi connectivity index (χ0) is 10.6. The van der Waals surface area contributed by atoms with Crippen LogP contribution in [0.3, 0.4) is 0 Å². The van der Waals surface area contributed by atoms with Crippen LogP contribution in [0.1, 0.15) is 12.8 Å². The minimum absolute atomic E-state index is 0.168. The first-order chi connectivity index (χ1) is 6.49. The topological polar surface area (TPSA) is 41.1 Å². The molecule has 1 fully saturated rings. The average molecular weight is 271 g/mol. The minimum Gasteiger partial charge on any atom is -0.349 e. The van der Waals surface area contributed by atoms with Gasteiger partial charge in [-0.15, -0.1) is 0 Å². The zero-order valence-electron chi connectivity index (χ0n) is 7.66. The number of nitrogens with one attached hydrogen (secondary N) is 2. The molecule has 3 nitrogen and oxygen atoms in total. The molecule has 1 aliphatic rings. The van der Waals surface area contributed by atoms with Gasteiger partial charge in [-0.1, -0.05) is 0 Å². The van der Waals surface area contributed by atoms with Crippen LogP contribution in [0.2, 0.25) is 0 Å². The molecule has 0 saturated carbocycles. The van der Waals surface area contributed by atoms with E-state index in [1.165, 1.54) is 0 Å². The van der Waals surface area contributed by atoms with Crippen LogP contribution in [-0.4, -0.2) is 30.4 Å². The van der Waals surface area contributed by atoms with Crippen LogP contribution in [0.5, 0.6) is 0 Å². The summed E-state index contributed by atoms with van der Waals surface area (Å²) in [6, 6.07) is 0. The van der Waals surface area contributed by atoms with Gasteiger partial charge in [-0.2, -0.15) is 8.78 Å². The summed E-state index contributed by atoms with van der Waals surface area (Å²) in [7, 11) is 0. The van der Waals surface area contributed by atoms with Gasteiger partial charge in [0.05, 0.1) is 12.5 Å². The number of amides is 1. The lowest BCUT2D eigenvalue weighted by Gasteiger charge is -2.22. The molecule has 0 aromatic carbocycles. The Balaban J connectivity index is 2.27. The number of hydrogen-bond donors (Lipinski definition) is 2. The molecule has 2 N–H and O–H groups in total. The van der Waals surface area contributed by atoms with Crippen LogP contribution in [-0.2, 0) is 4.79 Å². The molecule has 1 rings (SSSR count). The van der Waals surface area contributed by atoms with Crippen LogP contribution in [0.15, 0.2) is 0 Å². The smallest absolute Gasteiger partial charge is 0.318 e. The molecule has 1 heterocycles. The second-order valence-electron chi connectivity index (χ2n) is 3.38. The van der Waals surface area contributed by atoms with E-state index in [-0.39, 0.29) is 11.8 Å². The highest BCUT2D eigenvalue weighted by molar-refractivity contribution is 9.10. The molecular weight excluding hydrogens is 258 g/mol. The van der Waals surface area contributed by atoms with Crippen molar-refractivity contribution in [3.63, 3.8) is 0 Å². The molecule has 0 radical (unpaired) electrons. The average Bonchev–Trinajstić information content (AvgIpc) is 2.14. The van der Waals surface area contributed by atoms with Gasteiger partial charge in [0.2, 0.25) is 5.91 Å². The fourth-order valence-electron chi connectivity index (χ4n) is 1.41. The predicted octanol–water partition coefficient (Wildman–Crippen LogP) is 1.09. The summed E-state index contributed by atoms with van der Waals surface area (Å²) in [4.78, 5) is 8.33. The second-order valence-corrected chi connectivity index (χ2v) is 4.54. The molecule has 82 valence electrons. The van der Waals surface area contributed by atoms with Gasteiger partial charge >= 0.3 is 4.83 Å². The van der Waals surface area contributed by atoms with Crippen molar-refractivity contribution < 1.29 is 13.6 Å². The molecule has 0 aromatic rings.